The van der Waals surface area contributed by atoms with E-state index in [4.69, 9.17) is 4.84 Å². The lowest BCUT2D eigenvalue weighted by Crippen LogP contribution is -2.40. The Labute approximate surface area is 66.5 Å². The first-order chi connectivity index (χ1) is 5.34. The van der Waals surface area contributed by atoms with E-state index in [0.29, 0.717) is 13.2 Å². The number of nitrogens with one attached hydrogen (secondary N) is 1. The molecule has 0 aromatic rings. The largest absolute Gasteiger partial charge is 0.311 e. The first-order valence-electron chi connectivity index (χ1n) is 3.92. The van der Waals surface area contributed by atoms with Crippen molar-refractivity contribution in [3.8, 4) is 0 Å². The Kier molecular flexibility index (Phi) is 3.32. The number of carbonyl (C=O) groups is 1. The summed E-state index contributed by atoms with van der Waals surface area (Å²) in [5.74, 6) is 0.0206. The molecule has 4 heteroatoms. The van der Waals surface area contributed by atoms with Gasteiger partial charge in [-0.05, 0) is 19.9 Å². The second-order valence-electron chi connectivity index (χ2n) is 2.57. The molecule has 1 N–H and O–H groups in total. The molecular weight excluding hydrogens is 144 g/mol. The highest BCUT2D eigenvalue weighted by atomic mass is 16.7. The zero-order valence-electron chi connectivity index (χ0n) is 6.80. The monoisotopic (exact) mass is 158 g/mol. The van der Waals surface area contributed by atoms with E-state index in [1.165, 1.54) is 5.06 Å². The Hall–Kier alpha value is -0.610. The molecule has 4 nitrogen and oxygen atoms in total. The summed E-state index contributed by atoms with van der Waals surface area (Å²) in [5.41, 5.74) is 0. The van der Waals surface area contributed by atoms with E-state index in [2.05, 4.69) is 5.32 Å². The van der Waals surface area contributed by atoms with Crippen molar-refractivity contribution in [2.75, 3.05) is 26.7 Å². The summed E-state index contributed by atoms with van der Waals surface area (Å²) in [6.45, 7) is 1.77. The van der Waals surface area contributed by atoms with Crippen LogP contribution in [0.1, 0.15) is 12.8 Å². The highest BCUT2D eigenvalue weighted by molar-refractivity contribution is 5.77. The standard InChI is InChI=1S/C7H14N2O2/c1-8-6-7(10)9-4-2-3-5-11-9/h8H,2-6H2,1H3. The zero-order chi connectivity index (χ0) is 8.10. The second kappa shape index (κ2) is 4.31. The van der Waals surface area contributed by atoms with Gasteiger partial charge in [0.15, 0.2) is 0 Å². The molecule has 0 atom stereocenters. The predicted molar refractivity (Wildman–Crippen MR) is 40.8 cm³/mol. The molecule has 0 radical (unpaired) electrons. The molecule has 1 saturated heterocycles. The van der Waals surface area contributed by atoms with Crippen LogP contribution >= 0.6 is 0 Å². The van der Waals surface area contributed by atoms with Gasteiger partial charge >= 0.3 is 0 Å². The lowest BCUT2D eigenvalue weighted by Gasteiger charge is -2.25. The molecule has 1 fully saturated rings. The van der Waals surface area contributed by atoms with Crippen LogP contribution in [0.25, 0.3) is 0 Å². The van der Waals surface area contributed by atoms with Crippen LogP contribution in [0.5, 0.6) is 0 Å². The highest BCUT2D eigenvalue weighted by Crippen LogP contribution is 2.04. The molecule has 1 heterocycles. The average molecular weight is 158 g/mol. The molecule has 1 aliphatic heterocycles. The SMILES string of the molecule is CNCC(=O)N1CCCCO1. The molecule has 0 aromatic heterocycles. The minimum Gasteiger partial charge on any atom is -0.311 e. The number of hydrogen-bond acceptors (Lipinski definition) is 3. The number of carbonyl (C=O) groups excluding carboxylic acids is 1. The lowest BCUT2D eigenvalue weighted by atomic mass is 10.3. The third kappa shape index (κ3) is 2.48. The van der Waals surface area contributed by atoms with Gasteiger partial charge in [-0.25, -0.2) is 5.06 Å². The van der Waals surface area contributed by atoms with Crippen LogP contribution in [0.15, 0.2) is 0 Å². The normalized spacial score (nSPS) is 18.5. The molecule has 0 aliphatic carbocycles. The van der Waals surface area contributed by atoms with Crippen LogP contribution in [0.3, 0.4) is 0 Å². The van der Waals surface area contributed by atoms with Crippen molar-refractivity contribution >= 4 is 5.91 Å². The molecule has 1 amide bonds. The highest BCUT2D eigenvalue weighted by Gasteiger charge is 2.15. The molecule has 0 spiro atoms. The van der Waals surface area contributed by atoms with Crippen LogP contribution in [0.2, 0.25) is 0 Å². The first-order valence-corrected chi connectivity index (χ1v) is 3.92. The van der Waals surface area contributed by atoms with Gasteiger partial charge in [0.25, 0.3) is 5.91 Å². The number of nitrogens with zero attached hydrogens (tertiary/aromatic N) is 1. The van der Waals surface area contributed by atoms with Crippen molar-refractivity contribution in [1.82, 2.24) is 10.4 Å². The third-order valence-corrected chi connectivity index (χ3v) is 1.61. The summed E-state index contributed by atoms with van der Waals surface area (Å²) < 4.78 is 0. The number of hydroxylamine groups is 2. The minimum atomic E-state index is 0.0206. The van der Waals surface area contributed by atoms with Crippen molar-refractivity contribution in [3.05, 3.63) is 0 Å². The molecule has 1 aliphatic rings. The van der Waals surface area contributed by atoms with E-state index < -0.39 is 0 Å². The Morgan fingerprint density at radius 3 is 3.00 bits per heavy atom. The van der Waals surface area contributed by atoms with Gasteiger partial charge in [0.2, 0.25) is 0 Å². The number of amides is 1. The van der Waals surface area contributed by atoms with Crippen LogP contribution in [0.4, 0.5) is 0 Å². The van der Waals surface area contributed by atoms with Gasteiger partial charge in [-0.15, -0.1) is 0 Å². The van der Waals surface area contributed by atoms with E-state index in [0.717, 1.165) is 19.4 Å². The summed E-state index contributed by atoms with van der Waals surface area (Å²) in [4.78, 5) is 16.3. The van der Waals surface area contributed by atoms with Crippen molar-refractivity contribution in [3.63, 3.8) is 0 Å². The van der Waals surface area contributed by atoms with Crippen molar-refractivity contribution in [2.45, 2.75) is 12.8 Å². The Bertz CT molecular complexity index is 132. The first kappa shape index (κ1) is 8.49. The van der Waals surface area contributed by atoms with Crippen LogP contribution in [-0.4, -0.2) is 37.7 Å². The summed E-state index contributed by atoms with van der Waals surface area (Å²) in [7, 11) is 1.75. The summed E-state index contributed by atoms with van der Waals surface area (Å²) in [6, 6.07) is 0. The van der Waals surface area contributed by atoms with Gasteiger partial charge < -0.3 is 5.32 Å². The molecule has 0 aromatic carbocycles. The molecular formula is C7H14N2O2. The summed E-state index contributed by atoms with van der Waals surface area (Å²) in [5, 5.41) is 4.24. The fourth-order valence-electron chi connectivity index (χ4n) is 1.03. The lowest BCUT2D eigenvalue weighted by molar-refractivity contribution is -0.195. The Morgan fingerprint density at radius 1 is 1.64 bits per heavy atom. The quantitative estimate of drug-likeness (QED) is 0.603. The van der Waals surface area contributed by atoms with Crippen molar-refractivity contribution in [2.24, 2.45) is 0 Å². The number of likely N-dealkylation sites (N-methyl/N-ethyl adjacent to an activating group) is 1. The molecule has 0 bridgehead atoms. The summed E-state index contributed by atoms with van der Waals surface area (Å²) >= 11 is 0. The zero-order valence-corrected chi connectivity index (χ0v) is 6.80. The second-order valence-corrected chi connectivity index (χ2v) is 2.57. The van der Waals surface area contributed by atoms with E-state index in [1.54, 1.807) is 7.05 Å². The molecule has 64 valence electrons. The van der Waals surface area contributed by atoms with E-state index >= 15 is 0 Å². The average Bonchev–Trinajstić information content (AvgIpc) is 2.07. The third-order valence-electron chi connectivity index (χ3n) is 1.61. The van der Waals surface area contributed by atoms with Gasteiger partial charge in [0, 0.05) is 6.54 Å². The van der Waals surface area contributed by atoms with Gasteiger partial charge in [-0.1, -0.05) is 0 Å². The fraction of sp³-hybridized carbons (Fsp3) is 0.857. The van der Waals surface area contributed by atoms with Gasteiger partial charge in [-0.2, -0.15) is 0 Å². The number of hydrogen-bond donors (Lipinski definition) is 1. The van der Waals surface area contributed by atoms with E-state index in [1.807, 2.05) is 0 Å². The molecule has 0 unspecified atom stereocenters. The van der Waals surface area contributed by atoms with Crippen molar-refractivity contribution in [1.29, 1.82) is 0 Å². The van der Waals surface area contributed by atoms with Crippen LogP contribution < -0.4 is 5.32 Å². The maximum atomic E-state index is 11.1. The maximum Gasteiger partial charge on any atom is 0.260 e. The Morgan fingerprint density at radius 2 is 2.45 bits per heavy atom. The molecule has 0 saturated carbocycles. The fourth-order valence-corrected chi connectivity index (χ4v) is 1.03. The van der Waals surface area contributed by atoms with E-state index in [9.17, 15) is 4.79 Å². The van der Waals surface area contributed by atoms with E-state index in [-0.39, 0.29) is 5.91 Å². The predicted octanol–water partition coefficient (Wildman–Crippen LogP) is -0.240. The Balaban J connectivity index is 2.27. The topological polar surface area (TPSA) is 41.6 Å². The van der Waals surface area contributed by atoms with Crippen LogP contribution in [0, 0.1) is 0 Å². The van der Waals surface area contributed by atoms with Crippen molar-refractivity contribution < 1.29 is 9.63 Å². The minimum absolute atomic E-state index is 0.0206. The smallest absolute Gasteiger partial charge is 0.260 e. The molecule has 11 heavy (non-hydrogen) atoms. The maximum absolute atomic E-state index is 11.1. The van der Waals surface area contributed by atoms with Gasteiger partial charge in [-0.3, -0.25) is 9.63 Å². The molecule has 1 rings (SSSR count). The van der Waals surface area contributed by atoms with Crippen LogP contribution in [-0.2, 0) is 9.63 Å². The number of rotatable bonds is 2. The van der Waals surface area contributed by atoms with Gasteiger partial charge in [0.05, 0.1) is 13.2 Å². The summed E-state index contributed by atoms with van der Waals surface area (Å²) in [6.07, 6.45) is 2.11. The van der Waals surface area contributed by atoms with Gasteiger partial charge in [0.1, 0.15) is 0 Å².